The van der Waals surface area contributed by atoms with Crippen LogP contribution in [0, 0.1) is 0 Å². The highest BCUT2D eigenvalue weighted by atomic mass is 15.7. The molecule has 0 spiro atoms. The highest BCUT2D eigenvalue weighted by molar-refractivity contribution is 5.79. The smallest absolute Gasteiger partial charge is 0.263 e. The molecule has 6 nitrogen and oxygen atoms in total. The van der Waals surface area contributed by atoms with E-state index in [-0.39, 0.29) is 5.95 Å². The molecule has 0 saturated heterocycles. The molecule has 0 aliphatic carbocycles. The monoisotopic (exact) mass is 188 g/mol. The Morgan fingerprint density at radius 1 is 1.29 bits per heavy atom. The molecule has 1 aromatic carbocycles. The molecule has 0 unspecified atom stereocenters. The number of aromatic nitrogens is 4. The Bertz CT molecular complexity index is 432. The average molecular weight is 188 g/mol. The van der Waals surface area contributed by atoms with Crippen molar-refractivity contribution in [3.8, 4) is 0 Å². The summed E-state index contributed by atoms with van der Waals surface area (Å²) in [5.74, 6) is 0.107. The minimum absolute atomic E-state index is 0.107. The van der Waals surface area contributed by atoms with Gasteiger partial charge in [-0.25, -0.2) is 0 Å². The number of benzene rings is 1. The molecule has 2 N–H and O–H groups in total. The molecule has 0 bridgehead atoms. The van der Waals surface area contributed by atoms with Crippen LogP contribution >= 0.6 is 0 Å². The van der Waals surface area contributed by atoms with Crippen LogP contribution in [0.25, 0.3) is 0 Å². The largest absolute Gasteiger partial charge is 0.365 e. The lowest BCUT2D eigenvalue weighted by Gasteiger charge is -1.89. The number of nitrogen functional groups attached to an aromatic ring is 1. The summed E-state index contributed by atoms with van der Waals surface area (Å²) >= 11 is 0. The lowest BCUT2D eigenvalue weighted by Crippen LogP contribution is -1.95. The molecule has 0 atom stereocenters. The molecule has 0 aliphatic heterocycles. The van der Waals surface area contributed by atoms with E-state index in [4.69, 9.17) is 5.73 Å². The van der Waals surface area contributed by atoms with Crippen molar-refractivity contribution in [3.63, 3.8) is 0 Å². The van der Waals surface area contributed by atoms with Gasteiger partial charge >= 0.3 is 0 Å². The summed E-state index contributed by atoms with van der Waals surface area (Å²) in [6.07, 6.45) is 1.63. The summed E-state index contributed by atoms with van der Waals surface area (Å²) in [5.41, 5.74) is 6.23. The third-order valence-corrected chi connectivity index (χ3v) is 1.53. The fourth-order valence-electron chi connectivity index (χ4n) is 0.924. The van der Waals surface area contributed by atoms with Gasteiger partial charge < -0.3 is 5.73 Å². The molecular weight excluding hydrogens is 180 g/mol. The first-order valence-electron chi connectivity index (χ1n) is 3.99. The van der Waals surface area contributed by atoms with E-state index < -0.39 is 0 Å². The van der Waals surface area contributed by atoms with Crippen molar-refractivity contribution in [2.45, 2.75) is 0 Å². The first kappa shape index (κ1) is 8.36. The minimum atomic E-state index is 0.107. The zero-order valence-electron chi connectivity index (χ0n) is 7.28. The maximum absolute atomic E-state index is 5.27. The third kappa shape index (κ3) is 1.92. The summed E-state index contributed by atoms with van der Waals surface area (Å²) in [7, 11) is 0. The molecule has 2 aromatic rings. The Kier molecular flexibility index (Phi) is 2.18. The summed E-state index contributed by atoms with van der Waals surface area (Å²) in [6, 6.07) is 9.62. The van der Waals surface area contributed by atoms with Gasteiger partial charge in [-0.15, -0.1) is 5.10 Å². The molecule has 0 radical (unpaired) electrons. The lowest BCUT2D eigenvalue weighted by atomic mass is 10.2. The van der Waals surface area contributed by atoms with Gasteiger partial charge in [-0.1, -0.05) is 40.5 Å². The van der Waals surface area contributed by atoms with Crippen LogP contribution < -0.4 is 5.73 Å². The van der Waals surface area contributed by atoms with E-state index in [0.29, 0.717) is 0 Å². The third-order valence-electron chi connectivity index (χ3n) is 1.53. The van der Waals surface area contributed by atoms with Gasteiger partial charge in [0.15, 0.2) is 0 Å². The number of anilines is 1. The van der Waals surface area contributed by atoms with Crippen molar-refractivity contribution >= 4 is 12.2 Å². The number of nitrogens with two attached hydrogens (primary N) is 1. The van der Waals surface area contributed by atoms with Crippen LogP contribution in [0.4, 0.5) is 5.95 Å². The van der Waals surface area contributed by atoms with Crippen LogP contribution in [-0.4, -0.2) is 26.5 Å². The second kappa shape index (κ2) is 3.65. The molecule has 2 rings (SSSR count). The molecular formula is C8H8N6. The van der Waals surface area contributed by atoms with Crippen molar-refractivity contribution in [2.75, 3.05) is 5.73 Å². The van der Waals surface area contributed by atoms with Gasteiger partial charge in [0.25, 0.3) is 5.95 Å². The summed E-state index contributed by atoms with van der Waals surface area (Å²) in [5, 5.41) is 14.7. The molecule has 0 fully saturated rings. The van der Waals surface area contributed by atoms with E-state index in [2.05, 4.69) is 20.5 Å². The average Bonchev–Trinajstić information content (AvgIpc) is 2.63. The first-order valence-corrected chi connectivity index (χ1v) is 3.99. The standard InChI is InChI=1S/C8H8N6/c9-8-11-13-14(12-8)10-6-7-4-2-1-3-5-7/h1-6H,(H2,9,12)/b10-6-. The fourth-order valence-corrected chi connectivity index (χ4v) is 0.924. The van der Waals surface area contributed by atoms with Crippen LogP contribution in [0.15, 0.2) is 35.4 Å². The van der Waals surface area contributed by atoms with Crippen molar-refractivity contribution < 1.29 is 0 Å². The molecule has 6 heteroatoms. The maximum atomic E-state index is 5.27. The lowest BCUT2D eigenvalue weighted by molar-refractivity contribution is 0.614. The molecule has 1 aromatic heterocycles. The summed E-state index contributed by atoms with van der Waals surface area (Å²) in [6.45, 7) is 0. The van der Waals surface area contributed by atoms with Crippen LogP contribution in [0.1, 0.15) is 5.56 Å². The van der Waals surface area contributed by atoms with Crippen LogP contribution in [0.2, 0.25) is 0 Å². The van der Waals surface area contributed by atoms with E-state index >= 15 is 0 Å². The predicted molar refractivity (Wildman–Crippen MR) is 51.7 cm³/mol. The Hall–Kier alpha value is -2.24. The molecule has 14 heavy (non-hydrogen) atoms. The Morgan fingerprint density at radius 2 is 2.07 bits per heavy atom. The van der Waals surface area contributed by atoms with Gasteiger partial charge in [-0.2, -0.15) is 0 Å². The summed E-state index contributed by atoms with van der Waals surface area (Å²) < 4.78 is 0. The van der Waals surface area contributed by atoms with Crippen LogP contribution in [0.3, 0.4) is 0 Å². The van der Waals surface area contributed by atoms with Gasteiger partial charge in [0.1, 0.15) is 0 Å². The van der Waals surface area contributed by atoms with Crippen molar-refractivity contribution in [1.29, 1.82) is 0 Å². The topological polar surface area (TPSA) is 82.0 Å². The fraction of sp³-hybridized carbons (Fsp3) is 0. The Balaban J connectivity index is 2.15. The van der Waals surface area contributed by atoms with Gasteiger partial charge in [0.2, 0.25) is 0 Å². The number of rotatable bonds is 2. The summed E-state index contributed by atoms with van der Waals surface area (Å²) in [4.78, 5) is 1.07. The Morgan fingerprint density at radius 3 is 2.71 bits per heavy atom. The van der Waals surface area contributed by atoms with Gasteiger partial charge in [0.05, 0.1) is 6.21 Å². The molecule has 0 saturated carbocycles. The van der Waals surface area contributed by atoms with Gasteiger partial charge in [-0.3, -0.25) is 0 Å². The normalized spacial score (nSPS) is 10.9. The van der Waals surface area contributed by atoms with E-state index in [1.165, 1.54) is 0 Å². The van der Waals surface area contributed by atoms with Crippen molar-refractivity contribution in [2.24, 2.45) is 5.10 Å². The predicted octanol–water partition coefficient (Wildman–Crippen LogP) is 0.137. The number of hydrogen-bond acceptors (Lipinski definition) is 5. The van der Waals surface area contributed by atoms with Crippen molar-refractivity contribution in [3.05, 3.63) is 35.9 Å². The van der Waals surface area contributed by atoms with Crippen molar-refractivity contribution in [1.82, 2.24) is 20.3 Å². The zero-order chi connectivity index (χ0) is 9.80. The molecule has 70 valence electrons. The van der Waals surface area contributed by atoms with Gasteiger partial charge in [0, 0.05) is 0 Å². The minimum Gasteiger partial charge on any atom is -0.365 e. The highest BCUT2D eigenvalue weighted by Gasteiger charge is 1.92. The van der Waals surface area contributed by atoms with Crippen LogP contribution in [0.5, 0.6) is 0 Å². The SMILES string of the molecule is Nc1nnn(/N=C\c2ccccc2)n1. The van der Waals surface area contributed by atoms with Crippen LogP contribution in [-0.2, 0) is 0 Å². The molecule has 0 aliphatic rings. The molecule has 0 amide bonds. The van der Waals surface area contributed by atoms with E-state index in [0.717, 1.165) is 10.5 Å². The van der Waals surface area contributed by atoms with E-state index in [1.54, 1.807) is 6.21 Å². The second-order valence-corrected chi connectivity index (χ2v) is 2.57. The highest BCUT2D eigenvalue weighted by Crippen LogP contribution is 1.94. The number of hydrogen-bond donors (Lipinski definition) is 1. The maximum Gasteiger partial charge on any atom is 0.263 e. The van der Waals surface area contributed by atoms with Gasteiger partial charge in [-0.05, 0) is 15.7 Å². The second-order valence-electron chi connectivity index (χ2n) is 2.57. The quantitative estimate of drug-likeness (QED) is 0.679. The number of tetrazole rings is 1. The number of nitrogens with zero attached hydrogens (tertiary/aromatic N) is 5. The van der Waals surface area contributed by atoms with E-state index in [1.807, 2.05) is 30.3 Å². The molecule has 1 heterocycles. The first-order chi connectivity index (χ1) is 6.84. The van der Waals surface area contributed by atoms with E-state index in [9.17, 15) is 0 Å². The zero-order valence-corrected chi connectivity index (χ0v) is 7.28. The Labute approximate surface area is 80.0 Å².